The Bertz CT molecular complexity index is 1260. The summed E-state index contributed by atoms with van der Waals surface area (Å²) in [4.78, 5) is 0. The summed E-state index contributed by atoms with van der Waals surface area (Å²) >= 11 is 0. The lowest BCUT2D eigenvalue weighted by Crippen LogP contribution is -1.98. The van der Waals surface area contributed by atoms with Crippen LogP contribution in [0, 0.1) is 41.5 Å². The number of phenolic OH excluding ortho intramolecular Hbond substituents is 1. The van der Waals surface area contributed by atoms with Crippen molar-refractivity contribution in [1.29, 1.82) is 0 Å². The molecule has 1 aromatic heterocycles. The largest absolute Gasteiger partial charge is 0.507 e. The minimum Gasteiger partial charge on any atom is -0.507 e. The summed E-state index contributed by atoms with van der Waals surface area (Å²) in [5, 5.41) is 12.1. The molecular formula is C27H31O4P. The molecular weight excluding hydrogens is 419 g/mol. The van der Waals surface area contributed by atoms with Crippen LogP contribution in [0.3, 0.4) is 0 Å². The van der Waals surface area contributed by atoms with Crippen LogP contribution in [-0.2, 0) is 6.42 Å². The molecule has 4 aromatic rings. The Morgan fingerprint density at radius 1 is 0.719 bits per heavy atom. The zero-order valence-electron chi connectivity index (χ0n) is 19.7. The Kier molecular flexibility index (Phi) is 6.37. The summed E-state index contributed by atoms with van der Waals surface area (Å²) in [6.07, 6.45) is 1.71. The van der Waals surface area contributed by atoms with Crippen molar-refractivity contribution in [2.45, 2.75) is 54.4 Å². The molecule has 4 rings (SSSR count). The third kappa shape index (κ3) is 4.57. The predicted octanol–water partition coefficient (Wildman–Crippen LogP) is 7.91. The quantitative estimate of drug-likeness (QED) is 0.314. The summed E-state index contributed by atoms with van der Waals surface area (Å²) in [5.74, 6) is 0.377. The van der Waals surface area contributed by atoms with Gasteiger partial charge in [0, 0.05) is 10.8 Å². The molecule has 0 saturated carbocycles. The third-order valence-electron chi connectivity index (χ3n) is 5.82. The summed E-state index contributed by atoms with van der Waals surface area (Å²) < 4.78 is 18.8. The summed E-state index contributed by atoms with van der Waals surface area (Å²) in [7, 11) is -1.56. The van der Waals surface area contributed by atoms with Gasteiger partial charge in [-0.3, -0.25) is 4.52 Å². The van der Waals surface area contributed by atoms with E-state index < -0.39 is 8.24 Å². The number of fused-ring (bicyclic) bond motifs is 3. The Morgan fingerprint density at radius 2 is 1.22 bits per heavy atom. The van der Waals surface area contributed by atoms with Crippen molar-refractivity contribution in [3.63, 3.8) is 0 Å². The van der Waals surface area contributed by atoms with Crippen LogP contribution in [0.4, 0.5) is 0 Å². The highest BCUT2D eigenvalue weighted by Crippen LogP contribution is 2.37. The van der Waals surface area contributed by atoms with E-state index in [0.29, 0.717) is 12.4 Å². The van der Waals surface area contributed by atoms with Crippen molar-refractivity contribution in [3.8, 4) is 5.75 Å². The van der Waals surface area contributed by atoms with E-state index in [1.807, 2.05) is 26.0 Å². The molecule has 0 aliphatic carbocycles. The van der Waals surface area contributed by atoms with Gasteiger partial charge in [0.25, 0.3) is 0 Å². The molecule has 0 aliphatic heterocycles. The van der Waals surface area contributed by atoms with Gasteiger partial charge in [-0.1, -0.05) is 24.3 Å². The highest BCUT2D eigenvalue weighted by atomic mass is 31.1. The molecule has 0 radical (unpaired) electrons. The number of phenols is 1. The molecule has 3 aromatic carbocycles. The molecule has 0 atom stereocenters. The Labute approximate surface area is 190 Å². The van der Waals surface area contributed by atoms with Gasteiger partial charge >= 0.3 is 8.24 Å². The van der Waals surface area contributed by atoms with Crippen molar-refractivity contribution in [3.05, 3.63) is 75.3 Å². The summed E-state index contributed by atoms with van der Waals surface area (Å²) in [5.41, 5.74) is 9.26. The number of hydrogen-bond acceptors (Lipinski definition) is 4. The molecule has 0 bridgehead atoms. The van der Waals surface area contributed by atoms with Gasteiger partial charge in [0.1, 0.15) is 16.9 Å². The van der Waals surface area contributed by atoms with Crippen molar-refractivity contribution in [2.24, 2.45) is 0 Å². The van der Waals surface area contributed by atoms with E-state index in [1.54, 1.807) is 0 Å². The molecule has 32 heavy (non-hydrogen) atoms. The number of aromatic hydroxyl groups is 1. The maximum Gasteiger partial charge on any atom is 0.387 e. The minimum atomic E-state index is -1.56. The van der Waals surface area contributed by atoms with E-state index >= 15 is 0 Å². The lowest BCUT2D eigenvalue weighted by molar-refractivity contribution is 0.364. The van der Waals surface area contributed by atoms with Crippen LogP contribution in [0.25, 0.3) is 21.9 Å². The van der Waals surface area contributed by atoms with Crippen LogP contribution in [-0.4, -0.2) is 11.7 Å². The number of aryl methyl sites for hydroxylation is 7. The first-order valence-electron chi connectivity index (χ1n) is 11.0. The fourth-order valence-corrected chi connectivity index (χ4v) is 5.58. The maximum atomic E-state index is 9.98. The highest BCUT2D eigenvalue weighted by Gasteiger charge is 2.12. The Hall–Kier alpha value is -2.68. The second-order valence-electron chi connectivity index (χ2n) is 8.84. The summed E-state index contributed by atoms with van der Waals surface area (Å²) in [6, 6.07) is 12.7. The van der Waals surface area contributed by atoms with Gasteiger partial charge in [0.2, 0.25) is 0 Å². The van der Waals surface area contributed by atoms with Crippen LogP contribution >= 0.6 is 8.24 Å². The predicted molar refractivity (Wildman–Crippen MR) is 133 cm³/mol. The second-order valence-corrected chi connectivity index (χ2v) is 9.91. The zero-order chi connectivity index (χ0) is 23.0. The first-order valence-corrected chi connectivity index (χ1v) is 12.1. The monoisotopic (exact) mass is 450 g/mol. The van der Waals surface area contributed by atoms with Gasteiger partial charge in [0.15, 0.2) is 0 Å². The standard InChI is InChI=1S/C27H31O4P/c1-16-10-20(5)26-23(12-16)24-13-17(2)11-21(6)27(24)31-32(30-26)29-9-7-8-22-14-18(3)25(28)19(4)15-22/h10-15,28H,7-9H2,1-6H3. The minimum absolute atomic E-state index is 0.377. The van der Waals surface area contributed by atoms with E-state index in [2.05, 4.69) is 52.0 Å². The first kappa shape index (κ1) is 22.5. The fraction of sp³-hybridized carbons (Fsp3) is 0.333. The van der Waals surface area contributed by atoms with Gasteiger partial charge in [-0.15, -0.1) is 0 Å². The molecule has 0 spiro atoms. The van der Waals surface area contributed by atoms with Gasteiger partial charge in [-0.2, -0.15) is 0 Å². The topological polar surface area (TPSA) is 55.7 Å². The molecule has 0 unspecified atom stereocenters. The Balaban J connectivity index is 1.67. The smallest absolute Gasteiger partial charge is 0.387 e. The molecule has 4 nitrogen and oxygen atoms in total. The van der Waals surface area contributed by atoms with Crippen molar-refractivity contribution in [1.82, 2.24) is 0 Å². The molecule has 0 amide bonds. The lowest BCUT2D eigenvalue weighted by atomic mass is 10.0. The molecule has 1 N–H and O–H groups in total. The first-order chi connectivity index (χ1) is 15.2. The lowest BCUT2D eigenvalue weighted by Gasteiger charge is -2.08. The number of hydrogen-bond donors (Lipinski definition) is 1. The Morgan fingerprint density at radius 3 is 1.72 bits per heavy atom. The van der Waals surface area contributed by atoms with Crippen LogP contribution in [0.2, 0.25) is 0 Å². The van der Waals surface area contributed by atoms with E-state index in [1.165, 1.54) is 16.7 Å². The zero-order valence-corrected chi connectivity index (χ0v) is 20.6. The number of benzene rings is 3. The molecule has 1 heterocycles. The molecule has 0 saturated heterocycles. The average Bonchev–Trinajstić information content (AvgIpc) is 2.87. The van der Waals surface area contributed by atoms with Crippen molar-refractivity contribution in [2.75, 3.05) is 6.61 Å². The second kappa shape index (κ2) is 9.05. The van der Waals surface area contributed by atoms with Crippen LogP contribution in [0.5, 0.6) is 5.75 Å². The van der Waals surface area contributed by atoms with Crippen LogP contribution in [0.1, 0.15) is 45.4 Å². The van der Waals surface area contributed by atoms with Gasteiger partial charge in [-0.05, 0) is 105 Å². The van der Waals surface area contributed by atoms with E-state index in [-0.39, 0.29) is 0 Å². The van der Waals surface area contributed by atoms with E-state index in [9.17, 15) is 5.11 Å². The molecule has 0 aliphatic rings. The average molecular weight is 451 g/mol. The highest BCUT2D eigenvalue weighted by molar-refractivity contribution is 7.31. The number of rotatable bonds is 5. The molecule has 168 valence electrons. The maximum absolute atomic E-state index is 9.98. The fourth-order valence-electron chi connectivity index (χ4n) is 4.38. The molecule has 0 fully saturated rings. The SMILES string of the molecule is Cc1cc(C)c2op(OCCCc3cc(C)c(O)c(C)c3)oc3c(C)cc(C)cc3c2c1. The van der Waals surface area contributed by atoms with Crippen molar-refractivity contribution >= 4 is 30.2 Å². The van der Waals surface area contributed by atoms with Gasteiger partial charge < -0.3 is 13.5 Å². The van der Waals surface area contributed by atoms with Gasteiger partial charge in [-0.25, -0.2) is 0 Å². The summed E-state index contributed by atoms with van der Waals surface area (Å²) in [6.45, 7) is 12.8. The van der Waals surface area contributed by atoms with E-state index in [4.69, 9.17) is 12.9 Å². The normalized spacial score (nSPS) is 11.4. The van der Waals surface area contributed by atoms with Crippen LogP contribution in [0.15, 0.2) is 44.8 Å². The van der Waals surface area contributed by atoms with Crippen molar-refractivity contribution < 1.29 is 18.0 Å². The van der Waals surface area contributed by atoms with Crippen LogP contribution < -0.4 is 4.52 Å². The third-order valence-corrected chi connectivity index (χ3v) is 6.87. The van der Waals surface area contributed by atoms with E-state index in [0.717, 1.165) is 57.0 Å². The van der Waals surface area contributed by atoms with Gasteiger partial charge in [0.05, 0.1) is 6.61 Å². The molecule has 5 heteroatoms.